The zero-order chi connectivity index (χ0) is 16.9. The predicted molar refractivity (Wildman–Crippen MR) is 94.3 cm³/mol. The van der Waals surface area contributed by atoms with Gasteiger partial charge in [-0.15, -0.1) is 0 Å². The Morgan fingerprint density at radius 3 is 2.46 bits per heavy atom. The number of rotatable bonds is 4. The van der Waals surface area contributed by atoms with E-state index < -0.39 is 6.10 Å². The largest absolute Gasteiger partial charge is 0.481 e. The summed E-state index contributed by atoms with van der Waals surface area (Å²) in [5.41, 5.74) is 1.04. The Bertz CT molecular complexity index is 682. The first kappa shape index (κ1) is 16.3. The Balaban J connectivity index is 1.56. The molecule has 0 aliphatic carbocycles. The molecular formula is C19H23N3O2. The zero-order valence-electron chi connectivity index (χ0n) is 14.2. The highest BCUT2D eigenvalue weighted by molar-refractivity contribution is 5.81. The summed E-state index contributed by atoms with van der Waals surface area (Å²) in [6.45, 7) is 6.77. The summed E-state index contributed by atoms with van der Waals surface area (Å²) in [5, 5.41) is 0. The lowest BCUT2D eigenvalue weighted by Gasteiger charge is -2.36. The molecule has 1 aromatic heterocycles. The lowest BCUT2D eigenvalue weighted by atomic mass is 10.2. The smallest absolute Gasteiger partial charge is 0.263 e. The van der Waals surface area contributed by atoms with Gasteiger partial charge >= 0.3 is 0 Å². The second kappa shape index (κ2) is 7.34. The van der Waals surface area contributed by atoms with Crippen molar-refractivity contribution in [1.82, 2.24) is 9.88 Å². The first-order chi connectivity index (χ1) is 11.6. The van der Waals surface area contributed by atoms with Crippen LogP contribution in [0.2, 0.25) is 0 Å². The van der Waals surface area contributed by atoms with E-state index in [-0.39, 0.29) is 5.91 Å². The van der Waals surface area contributed by atoms with Gasteiger partial charge in [0.05, 0.1) is 0 Å². The Hall–Kier alpha value is -2.56. The number of aromatic nitrogens is 1. The number of ether oxygens (including phenoxy) is 1. The fourth-order valence-electron chi connectivity index (χ4n) is 2.88. The normalized spacial score (nSPS) is 15.9. The van der Waals surface area contributed by atoms with Crippen LogP contribution in [0.25, 0.3) is 0 Å². The van der Waals surface area contributed by atoms with Gasteiger partial charge < -0.3 is 14.5 Å². The highest BCUT2D eigenvalue weighted by atomic mass is 16.5. The second-order valence-corrected chi connectivity index (χ2v) is 6.03. The van der Waals surface area contributed by atoms with E-state index in [2.05, 4.69) is 9.88 Å². The molecule has 1 fully saturated rings. The van der Waals surface area contributed by atoms with Crippen LogP contribution in [-0.4, -0.2) is 48.1 Å². The minimum absolute atomic E-state index is 0.0407. The highest BCUT2D eigenvalue weighted by Gasteiger charge is 2.26. The maximum absolute atomic E-state index is 12.6. The molecule has 0 radical (unpaired) electrons. The topological polar surface area (TPSA) is 45.7 Å². The Kier molecular flexibility index (Phi) is 4.99. The summed E-state index contributed by atoms with van der Waals surface area (Å²) >= 11 is 0. The van der Waals surface area contributed by atoms with Gasteiger partial charge in [-0.2, -0.15) is 0 Å². The molecule has 0 N–H and O–H groups in total. The summed E-state index contributed by atoms with van der Waals surface area (Å²) in [6, 6.07) is 13.7. The summed E-state index contributed by atoms with van der Waals surface area (Å²) in [7, 11) is 0. The Morgan fingerprint density at radius 1 is 1.08 bits per heavy atom. The molecule has 1 aromatic carbocycles. The van der Waals surface area contributed by atoms with Crippen molar-refractivity contribution >= 4 is 11.7 Å². The fraction of sp³-hybridized carbons (Fsp3) is 0.368. The molecule has 0 bridgehead atoms. The van der Waals surface area contributed by atoms with Gasteiger partial charge in [0.25, 0.3) is 5.91 Å². The van der Waals surface area contributed by atoms with Gasteiger partial charge in [0.2, 0.25) is 0 Å². The maximum Gasteiger partial charge on any atom is 0.263 e. The van der Waals surface area contributed by atoms with E-state index in [4.69, 9.17) is 4.74 Å². The number of para-hydroxylation sites is 1. The van der Waals surface area contributed by atoms with E-state index in [9.17, 15) is 4.79 Å². The molecule has 3 rings (SSSR count). The molecule has 0 saturated carbocycles. The standard InChI is InChI=1S/C19H23N3O2/c1-15-7-3-4-8-17(15)24-16(2)19(23)22-13-11-21(12-14-22)18-9-5-6-10-20-18/h3-10,16H,11-14H2,1-2H3/t16-/m1/s1. The van der Waals surface area contributed by atoms with E-state index in [1.165, 1.54) is 0 Å². The molecule has 126 valence electrons. The van der Waals surface area contributed by atoms with E-state index in [0.29, 0.717) is 13.1 Å². The van der Waals surface area contributed by atoms with Gasteiger partial charge in [0, 0.05) is 32.4 Å². The molecule has 2 heterocycles. The van der Waals surface area contributed by atoms with Crippen molar-refractivity contribution in [2.45, 2.75) is 20.0 Å². The van der Waals surface area contributed by atoms with Crippen LogP contribution in [0.15, 0.2) is 48.7 Å². The van der Waals surface area contributed by atoms with Crippen molar-refractivity contribution in [3.05, 3.63) is 54.2 Å². The molecule has 1 aliphatic heterocycles. The monoisotopic (exact) mass is 325 g/mol. The molecule has 0 spiro atoms. The van der Waals surface area contributed by atoms with E-state index in [1.54, 1.807) is 6.20 Å². The van der Waals surface area contributed by atoms with Crippen LogP contribution in [0.5, 0.6) is 5.75 Å². The molecule has 5 heteroatoms. The first-order valence-corrected chi connectivity index (χ1v) is 8.32. The van der Waals surface area contributed by atoms with Crippen molar-refractivity contribution in [3.8, 4) is 5.75 Å². The van der Waals surface area contributed by atoms with Crippen LogP contribution in [-0.2, 0) is 4.79 Å². The molecule has 5 nitrogen and oxygen atoms in total. The van der Waals surface area contributed by atoms with Gasteiger partial charge in [-0.1, -0.05) is 24.3 Å². The number of piperazine rings is 1. The van der Waals surface area contributed by atoms with Crippen LogP contribution < -0.4 is 9.64 Å². The quantitative estimate of drug-likeness (QED) is 0.866. The lowest BCUT2D eigenvalue weighted by Crippen LogP contribution is -2.52. The molecule has 1 saturated heterocycles. The van der Waals surface area contributed by atoms with Crippen molar-refractivity contribution in [2.24, 2.45) is 0 Å². The minimum atomic E-state index is -0.479. The number of amides is 1. The third kappa shape index (κ3) is 3.67. The van der Waals surface area contributed by atoms with Crippen LogP contribution in [0.4, 0.5) is 5.82 Å². The van der Waals surface area contributed by atoms with Gasteiger partial charge in [0.1, 0.15) is 11.6 Å². The number of nitrogens with zero attached hydrogens (tertiary/aromatic N) is 3. The molecular weight excluding hydrogens is 302 g/mol. The summed E-state index contributed by atoms with van der Waals surface area (Å²) < 4.78 is 5.85. The number of benzene rings is 1. The van der Waals surface area contributed by atoms with Crippen LogP contribution in [0.3, 0.4) is 0 Å². The third-order valence-electron chi connectivity index (χ3n) is 4.31. The number of pyridine rings is 1. The third-order valence-corrected chi connectivity index (χ3v) is 4.31. The predicted octanol–water partition coefficient (Wildman–Crippen LogP) is 2.51. The molecule has 0 unspecified atom stereocenters. The summed E-state index contributed by atoms with van der Waals surface area (Å²) in [5.74, 6) is 1.78. The average Bonchev–Trinajstić information content (AvgIpc) is 2.64. The molecule has 1 atom stereocenters. The SMILES string of the molecule is Cc1ccccc1O[C@H](C)C(=O)N1CCN(c2ccccn2)CC1. The van der Waals surface area contributed by atoms with Crippen molar-refractivity contribution in [2.75, 3.05) is 31.1 Å². The van der Waals surface area contributed by atoms with Gasteiger partial charge in [-0.25, -0.2) is 4.98 Å². The Labute approximate surface area is 142 Å². The zero-order valence-corrected chi connectivity index (χ0v) is 14.2. The van der Waals surface area contributed by atoms with Crippen molar-refractivity contribution in [1.29, 1.82) is 0 Å². The fourth-order valence-corrected chi connectivity index (χ4v) is 2.88. The number of hydrogen-bond donors (Lipinski definition) is 0. The first-order valence-electron chi connectivity index (χ1n) is 8.32. The number of hydrogen-bond acceptors (Lipinski definition) is 4. The van der Waals surface area contributed by atoms with Crippen LogP contribution >= 0.6 is 0 Å². The maximum atomic E-state index is 12.6. The number of aryl methyl sites for hydroxylation is 1. The number of carbonyl (C=O) groups is 1. The minimum Gasteiger partial charge on any atom is -0.481 e. The van der Waals surface area contributed by atoms with Gasteiger partial charge in [-0.05, 0) is 37.6 Å². The van der Waals surface area contributed by atoms with Crippen molar-refractivity contribution in [3.63, 3.8) is 0 Å². The van der Waals surface area contributed by atoms with Crippen molar-refractivity contribution < 1.29 is 9.53 Å². The molecule has 24 heavy (non-hydrogen) atoms. The number of carbonyl (C=O) groups excluding carboxylic acids is 1. The van der Waals surface area contributed by atoms with Crippen LogP contribution in [0, 0.1) is 6.92 Å². The lowest BCUT2D eigenvalue weighted by molar-refractivity contribution is -0.138. The molecule has 1 amide bonds. The molecule has 1 aliphatic rings. The summed E-state index contributed by atoms with van der Waals surface area (Å²) in [6.07, 6.45) is 1.32. The summed E-state index contributed by atoms with van der Waals surface area (Å²) in [4.78, 5) is 21.1. The van der Waals surface area contributed by atoms with Gasteiger partial charge in [0.15, 0.2) is 6.10 Å². The highest BCUT2D eigenvalue weighted by Crippen LogP contribution is 2.19. The van der Waals surface area contributed by atoms with Crippen LogP contribution in [0.1, 0.15) is 12.5 Å². The van der Waals surface area contributed by atoms with E-state index >= 15 is 0 Å². The van der Waals surface area contributed by atoms with Gasteiger partial charge in [-0.3, -0.25) is 4.79 Å². The number of anilines is 1. The van der Waals surface area contributed by atoms with E-state index in [0.717, 1.165) is 30.2 Å². The Morgan fingerprint density at radius 2 is 1.79 bits per heavy atom. The van der Waals surface area contributed by atoms with E-state index in [1.807, 2.05) is 61.2 Å². The average molecular weight is 325 g/mol. The second-order valence-electron chi connectivity index (χ2n) is 6.03. The molecule has 2 aromatic rings.